The summed E-state index contributed by atoms with van der Waals surface area (Å²) in [5.74, 6) is 0. The molecule has 3 rings (SSSR count). The number of benzene rings is 1. The maximum atomic E-state index is 10.8. The van der Waals surface area contributed by atoms with Crippen LogP contribution in [0, 0.1) is 10.1 Å². The van der Waals surface area contributed by atoms with Crippen LogP contribution in [0.25, 0.3) is 11.1 Å². The van der Waals surface area contributed by atoms with E-state index in [1.54, 1.807) is 12.1 Å². The van der Waals surface area contributed by atoms with Crippen molar-refractivity contribution in [1.29, 1.82) is 0 Å². The summed E-state index contributed by atoms with van der Waals surface area (Å²) in [7, 11) is 0. The Morgan fingerprint density at radius 2 is 2.33 bits per heavy atom. The number of nitro benzene ring substituents is 1. The van der Waals surface area contributed by atoms with E-state index >= 15 is 0 Å². The summed E-state index contributed by atoms with van der Waals surface area (Å²) in [5.41, 5.74) is 0.132. The van der Waals surface area contributed by atoms with Gasteiger partial charge in [-0.25, -0.2) is 0 Å². The van der Waals surface area contributed by atoms with E-state index in [1.807, 2.05) is 0 Å². The topological polar surface area (TPSA) is 101 Å². The highest BCUT2D eigenvalue weighted by molar-refractivity contribution is 5.84. The fourth-order valence-corrected chi connectivity index (χ4v) is 1.84. The Kier molecular flexibility index (Phi) is 2.24. The van der Waals surface area contributed by atoms with Gasteiger partial charge in [-0.05, 0) is 18.9 Å². The molecule has 0 spiro atoms. The SMILES string of the molecule is O=[N+]([O-])c1cccc2oc(NC3(CO)CC3)nc12. The zero-order valence-corrected chi connectivity index (χ0v) is 9.42. The first-order valence-electron chi connectivity index (χ1n) is 5.57. The number of fused-ring (bicyclic) bond motifs is 1. The molecule has 1 aromatic carbocycles. The van der Waals surface area contributed by atoms with Crippen LogP contribution in [0.4, 0.5) is 11.7 Å². The van der Waals surface area contributed by atoms with Crippen LogP contribution in [0.2, 0.25) is 0 Å². The minimum atomic E-state index is -0.492. The first-order chi connectivity index (χ1) is 8.63. The zero-order chi connectivity index (χ0) is 12.8. The van der Waals surface area contributed by atoms with Crippen LogP contribution in [-0.4, -0.2) is 27.2 Å². The summed E-state index contributed by atoms with van der Waals surface area (Å²) < 4.78 is 5.40. The minimum Gasteiger partial charge on any atom is -0.423 e. The number of anilines is 1. The van der Waals surface area contributed by atoms with Crippen LogP contribution in [0.1, 0.15) is 12.8 Å². The molecule has 0 radical (unpaired) electrons. The van der Waals surface area contributed by atoms with Gasteiger partial charge in [-0.1, -0.05) is 6.07 Å². The van der Waals surface area contributed by atoms with Gasteiger partial charge in [0.2, 0.25) is 0 Å². The zero-order valence-electron chi connectivity index (χ0n) is 9.42. The molecule has 1 heterocycles. The molecule has 0 bridgehead atoms. The van der Waals surface area contributed by atoms with E-state index in [-0.39, 0.29) is 29.4 Å². The lowest BCUT2D eigenvalue weighted by Crippen LogP contribution is -2.25. The fourth-order valence-electron chi connectivity index (χ4n) is 1.84. The van der Waals surface area contributed by atoms with Crippen LogP contribution in [0.15, 0.2) is 22.6 Å². The number of oxazole rings is 1. The number of rotatable bonds is 4. The van der Waals surface area contributed by atoms with Crippen molar-refractivity contribution in [2.75, 3.05) is 11.9 Å². The number of nitro groups is 1. The lowest BCUT2D eigenvalue weighted by Gasteiger charge is -2.10. The first-order valence-corrected chi connectivity index (χ1v) is 5.57. The van der Waals surface area contributed by atoms with E-state index in [1.165, 1.54) is 6.07 Å². The molecule has 0 amide bonds. The van der Waals surface area contributed by atoms with Crippen molar-refractivity contribution >= 4 is 22.8 Å². The number of aliphatic hydroxyl groups excluding tert-OH is 1. The quantitative estimate of drug-likeness (QED) is 0.631. The number of nitrogens with zero attached hydrogens (tertiary/aromatic N) is 2. The van der Waals surface area contributed by atoms with Gasteiger partial charge in [-0.2, -0.15) is 4.98 Å². The number of hydrogen-bond donors (Lipinski definition) is 2. The van der Waals surface area contributed by atoms with Crippen LogP contribution in [0.5, 0.6) is 0 Å². The number of aromatic nitrogens is 1. The largest absolute Gasteiger partial charge is 0.423 e. The summed E-state index contributed by atoms with van der Waals surface area (Å²) >= 11 is 0. The molecule has 0 saturated heterocycles. The Balaban J connectivity index is 2.00. The first kappa shape index (κ1) is 11.0. The van der Waals surface area contributed by atoms with E-state index in [9.17, 15) is 15.2 Å². The lowest BCUT2D eigenvalue weighted by atomic mass is 10.3. The summed E-state index contributed by atoms with van der Waals surface area (Å²) in [5, 5.41) is 23.0. The second-order valence-electron chi connectivity index (χ2n) is 4.46. The monoisotopic (exact) mass is 249 g/mol. The van der Waals surface area contributed by atoms with Crippen molar-refractivity contribution in [3.05, 3.63) is 28.3 Å². The molecule has 2 N–H and O–H groups in total. The highest BCUT2D eigenvalue weighted by Crippen LogP contribution is 2.39. The smallest absolute Gasteiger partial charge is 0.298 e. The molecule has 2 aromatic rings. The predicted molar refractivity (Wildman–Crippen MR) is 63.3 cm³/mol. The van der Waals surface area contributed by atoms with Crippen molar-refractivity contribution in [1.82, 2.24) is 4.98 Å². The number of hydrogen-bond acceptors (Lipinski definition) is 6. The Labute approximate surface area is 102 Å². The third kappa shape index (κ3) is 1.68. The van der Waals surface area contributed by atoms with Crippen molar-refractivity contribution in [3.8, 4) is 0 Å². The van der Waals surface area contributed by atoms with Crippen molar-refractivity contribution in [2.45, 2.75) is 18.4 Å². The molecule has 1 aliphatic rings. The normalized spacial score (nSPS) is 16.7. The molecule has 0 unspecified atom stereocenters. The van der Waals surface area contributed by atoms with Gasteiger partial charge in [0, 0.05) is 6.07 Å². The second kappa shape index (κ2) is 3.67. The maximum absolute atomic E-state index is 10.8. The van der Waals surface area contributed by atoms with Gasteiger partial charge >= 0.3 is 0 Å². The molecule has 1 aromatic heterocycles. The summed E-state index contributed by atoms with van der Waals surface area (Å²) in [4.78, 5) is 14.4. The molecule has 1 fully saturated rings. The minimum absolute atomic E-state index is 0.00613. The molecular weight excluding hydrogens is 238 g/mol. The van der Waals surface area contributed by atoms with Gasteiger partial charge in [0.25, 0.3) is 11.7 Å². The van der Waals surface area contributed by atoms with Crippen molar-refractivity contribution < 1.29 is 14.4 Å². The van der Waals surface area contributed by atoms with Crippen LogP contribution < -0.4 is 5.32 Å². The molecule has 94 valence electrons. The number of para-hydroxylation sites is 1. The van der Waals surface area contributed by atoms with Crippen LogP contribution in [0.3, 0.4) is 0 Å². The van der Waals surface area contributed by atoms with E-state index < -0.39 is 4.92 Å². The van der Waals surface area contributed by atoms with E-state index in [2.05, 4.69) is 10.3 Å². The van der Waals surface area contributed by atoms with Crippen molar-refractivity contribution in [2.24, 2.45) is 0 Å². The number of aliphatic hydroxyl groups is 1. The van der Waals surface area contributed by atoms with Gasteiger partial charge in [-0.3, -0.25) is 10.1 Å². The highest BCUT2D eigenvalue weighted by Gasteiger charge is 2.43. The molecule has 7 heteroatoms. The van der Waals surface area contributed by atoms with E-state index in [0.29, 0.717) is 5.58 Å². The maximum Gasteiger partial charge on any atom is 0.298 e. The molecule has 0 atom stereocenters. The molecule has 1 saturated carbocycles. The van der Waals surface area contributed by atoms with Gasteiger partial charge in [0.15, 0.2) is 11.1 Å². The molecule has 0 aliphatic heterocycles. The van der Waals surface area contributed by atoms with Gasteiger partial charge in [0.1, 0.15) is 0 Å². The Morgan fingerprint density at radius 3 is 2.94 bits per heavy atom. The van der Waals surface area contributed by atoms with Gasteiger partial charge in [0.05, 0.1) is 17.1 Å². The molecular formula is C11H11N3O4. The second-order valence-corrected chi connectivity index (χ2v) is 4.46. The Bertz CT molecular complexity index is 618. The van der Waals surface area contributed by atoms with Crippen LogP contribution >= 0.6 is 0 Å². The molecule has 18 heavy (non-hydrogen) atoms. The third-order valence-electron chi connectivity index (χ3n) is 3.12. The van der Waals surface area contributed by atoms with Gasteiger partial charge in [-0.15, -0.1) is 0 Å². The molecule has 1 aliphatic carbocycles. The predicted octanol–water partition coefficient (Wildman–Crippen LogP) is 1.67. The summed E-state index contributed by atoms with van der Waals surface area (Å²) in [6.07, 6.45) is 1.68. The average Bonchev–Trinajstić information content (AvgIpc) is 3.00. The summed E-state index contributed by atoms with van der Waals surface area (Å²) in [6, 6.07) is 4.77. The number of nitrogens with one attached hydrogen (secondary N) is 1. The standard InChI is InChI=1S/C11H11N3O4/c15-6-11(4-5-11)13-10-12-9-7(14(16)17)2-1-3-8(9)18-10/h1-3,15H,4-6H2,(H,12,13). The highest BCUT2D eigenvalue weighted by atomic mass is 16.6. The molecule has 7 nitrogen and oxygen atoms in total. The fraction of sp³-hybridized carbons (Fsp3) is 0.364. The number of non-ortho nitro benzene ring substituents is 1. The third-order valence-corrected chi connectivity index (χ3v) is 3.12. The average molecular weight is 249 g/mol. The Hall–Kier alpha value is -2.15. The summed E-state index contributed by atoms with van der Waals surface area (Å²) in [6.45, 7) is -0.00613. The van der Waals surface area contributed by atoms with E-state index in [0.717, 1.165) is 12.8 Å². The lowest BCUT2D eigenvalue weighted by molar-refractivity contribution is -0.383. The Morgan fingerprint density at radius 1 is 1.56 bits per heavy atom. The van der Waals surface area contributed by atoms with Crippen molar-refractivity contribution in [3.63, 3.8) is 0 Å². The van der Waals surface area contributed by atoms with Gasteiger partial charge < -0.3 is 14.8 Å². The van der Waals surface area contributed by atoms with E-state index in [4.69, 9.17) is 4.42 Å². The van der Waals surface area contributed by atoms with Crippen LogP contribution in [-0.2, 0) is 0 Å².